The lowest BCUT2D eigenvalue weighted by Crippen LogP contribution is -2.12. The molecule has 0 saturated heterocycles. The molecule has 0 atom stereocenters. The predicted octanol–water partition coefficient (Wildman–Crippen LogP) is 3.69. The Morgan fingerprint density at radius 1 is 0.958 bits per heavy atom. The Morgan fingerprint density at radius 3 is 2.25 bits per heavy atom. The summed E-state index contributed by atoms with van der Waals surface area (Å²) in [4.78, 5) is 16.7. The van der Waals surface area contributed by atoms with Crippen molar-refractivity contribution >= 4 is 23.5 Å². The zero-order valence-corrected chi connectivity index (χ0v) is 14.1. The van der Waals surface area contributed by atoms with Crippen LogP contribution in [0.5, 0.6) is 17.2 Å². The fourth-order valence-electron chi connectivity index (χ4n) is 2.19. The number of nitrogens with one attached hydrogen (secondary N) is 1. The van der Waals surface area contributed by atoms with Crippen LogP contribution in [0.2, 0.25) is 0 Å². The van der Waals surface area contributed by atoms with Gasteiger partial charge >= 0.3 is 0 Å². The summed E-state index contributed by atoms with van der Waals surface area (Å²) in [7, 11) is 4.67. The van der Waals surface area contributed by atoms with Gasteiger partial charge in [-0.2, -0.15) is 0 Å². The molecule has 1 N–H and O–H groups in total. The monoisotopic (exact) mass is 328 g/mol. The van der Waals surface area contributed by atoms with Crippen LogP contribution in [-0.2, 0) is 0 Å². The standard InChI is InChI=1S/C18H20N2O4/c1-5-19-14-10-12(6-8-15(14)22-2)18(21)20-13-7-9-16(23-3)17(11-13)24-4/h5-11H,1-4H3,(H,20,21). The molecule has 2 aromatic rings. The first-order chi connectivity index (χ1) is 11.6. The minimum absolute atomic E-state index is 0.252. The summed E-state index contributed by atoms with van der Waals surface area (Å²) in [5, 5.41) is 2.82. The molecule has 0 aromatic heterocycles. The van der Waals surface area contributed by atoms with Crippen molar-refractivity contribution in [3.05, 3.63) is 42.0 Å². The van der Waals surface area contributed by atoms with E-state index in [1.807, 2.05) is 0 Å². The maximum atomic E-state index is 12.4. The van der Waals surface area contributed by atoms with Crippen molar-refractivity contribution in [1.29, 1.82) is 0 Å². The molecule has 0 spiro atoms. The van der Waals surface area contributed by atoms with Crippen LogP contribution in [0.1, 0.15) is 17.3 Å². The van der Waals surface area contributed by atoms with Gasteiger partial charge in [0.15, 0.2) is 11.5 Å². The summed E-state index contributed by atoms with van der Waals surface area (Å²) in [5.74, 6) is 1.49. The maximum absolute atomic E-state index is 12.4. The lowest BCUT2D eigenvalue weighted by Gasteiger charge is -2.11. The smallest absolute Gasteiger partial charge is 0.255 e. The first-order valence-electron chi connectivity index (χ1n) is 7.33. The second kappa shape index (κ2) is 8.01. The minimum atomic E-state index is -0.252. The third-order valence-electron chi connectivity index (χ3n) is 3.35. The molecule has 0 bridgehead atoms. The van der Waals surface area contributed by atoms with E-state index in [9.17, 15) is 4.79 Å². The van der Waals surface area contributed by atoms with E-state index in [-0.39, 0.29) is 5.91 Å². The van der Waals surface area contributed by atoms with Crippen molar-refractivity contribution in [1.82, 2.24) is 0 Å². The van der Waals surface area contributed by atoms with Crippen LogP contribution in [0.4, 0.5) is 11.4 Å². The lowest BCUT2D eigenvalue weighted by atomic mass is 10.1. The highest BCUT2D eigenvalue weighted by Gasteiger charge is 2.11. The molecular formula is C18H20N2O4. The van der Waals surface area contributed by atoms with E-state index in [1.165, 1.54) is 0 Å². The van der Waals surface area contributed by atoms with Crippen LogP contribution in [0.25, 0.3) is 0 Å². The Morgan fingerprint density at radius 2 is 1.62 bits per heavy atom. The predicted molar refractivity (Wildman–Crippen MR) is 94.3 cm³/mol. The van der Waals surface area contributed by atoms with Crippen LogP contribution in [0.15, 0.2) is 41.4 Å². The van der Waals surface area contributed by atoms with E-state index in [1.54, 1.807) is 70.9 Å². The zero-order valence-electron chi connectivity index (χ0n) is 14.1. The number of hydrogen-bond donors (Lipinski definition) is 1. The highest BCUT2D eigenvalue weighted by atomic mass is 16.5. The quantitative estimate of drug-likeness (QED) is 0.821. The summed E-state index contributed by atoms with van der Waals surface area (Å²) >= 11 is 0. The van der Waals surface area contributed by atoms with E-state index in [4.69, 9.17) is 14.2 Å². The molecule has 2 aromatic carbocycles. The maximum Gasteiger partial charge on any atom is 0.255 e. The molecule has 0 saturated carbocycles. The van der Waals surface area contributed by atoms with Crippen molar-refractivity contribution in [2.45, 2.75) is 6.92 Å². The summed E-state index contributed by atoms with van der Waals surface area (Å²) in [6.07, 6.45) is 1.65. The number of carbonyl (C=O) groups excluding carboxylic acids is 1. The van der Waals surface area contributed by atoms with Crippen molar-refractivity contribution in [3.8, 4) is 17.2 Å². The summed E-state index contributed by atoms with van der Waals surface area (Å²) in [6, 6.07) is 10.2. The molecule has 0 aliphatic rings. The van der Waals surface area contributed by atoms with Gasteiger partial charge in [-0.1, -0.05) is 0 Å². The molecular weight excluding hydrogens is 308 g/mol. The highest BCUT2D eigenvalue weighted by molar-refractivity contribution is 6.05. The first-order valence-corrected chi connectivity index (χ1v) is 7.33. The fraction of sp³-hybridized carbons (Fsp3) is 0.222. The Balaban J connectivity index is 2.25. The lowest BCUT2D eigenvalue weighted by molar-refractivity contribution is 0.102. The highest BCUT2D eigenvalue weighted by Crippen LogP contribution is 2.31. The molecule has 0 aliphatic carbocycles. The zero-order chi connectivity index (χ0) is 17.5. The van der Waals surface area contributed by atoms with Gasteiger partial charge in [0.1, 0.15) is 11.4 Å². The summed E-state index contributed by atoms with van der Waals surface area (Å²) in [6.45, 7) is 1.80. The van der Waals surface area contributed by atoms with Gasteiger partial charge in [0.05, 0.1) is 21.3 Å². The summed E-state index contributed by atoms with van der Waals surface area (Å²) < 4.78 is 15.6. The van der Waals surface area contributed by atoms with E-state index in [0.29, 0.717) is 34.2 Å². The number of methoxy groups -OCH3 is 3. The van der Waals surface area contributed by atoms with E-state index in [0.717, 1.165) is 0 Å². The third kappa shape index (κ3) is 3.84. The Bertz CT molecular complexity index is 757. The number of hydrogen-bond acceptors (Lipinski definition) is 5. The van der Waals surface area contributed by atoms with Gasteiger partial charge < -0.3 is 19.5 Å². The van der Waals surface area contributed by atoms with Crippen LogP contribution in [0.3, 0.4) is 0 Å². The van der Waals surface area contributed by atoms with Gasteiger partial charge in [0, 0.05) is 23.5 Å². The van der Waals surface area contributed by atoms with Crippen molar-refractivity contribution in [2.75, 3.05) is 26.6 Å². The average Bonchev–Trinajstić information content (AvgIpc) is 2.61. The van der Waals surface area contributed by atoms with Crippen LogP contribution in [0, 0.1) is 0 Å². The molecule has 0 fully saturated rings. The molecule has 0 aliphatic heterocycles. The normalized spacial score (nSPS) is 10.5. The number of ether oxygens (including phenoxy) is 3. The molecule has 2 rings (SSSR count). The van der Waals surface area contributed by atoms with Gasteiger partial charge in [0.2, 0.25) is 0 Å². The van der Waals surface area contributed by atoms with Crippen LogP contribution >= 0.6 is 0 Å². The Hall–Kier alpha value is -3.02. The Labute approximate surface area is 141 Å². The van der Waals surface area contributed by atoms with E-state index in [2.05, 4.69) is 10.3 Å². The van der Waals surface area contributed by atoms with Gasteiger partial charge in [-0.3, -0.25) is 9.79 Å². The van der Waals surface area contributed by atoms with Crippen molar-refractivity contribution in [3.63, 3.8) is 0 Å². The summed E-state index contributed by atoms with van der Waals surface area (Å²) in [5.41, 5.74) is 1.68. The van der Waals surface area contributed by atoms with E-state index >= 15 is 0 Å². The van der Waals surface area contributed by atoms with Crippen molar-refractivity contribution in [2.24, 2.45) is 4.99 Å². The molecule has 0 unspecified atom stereocenters. The largest absolute Gasteiger partial charge is 0.494 e. The molecule has 24 heavy (non-hydrogen) atoms. The van der Waals surface area contributed by atoms with Gasteiger partial charge in [-0.05, 0) is 37.3 Å². The van der Waals surface area contributed by atoms with Gasteiger partial charge in [-0.25, -0.2) is 0 Å². The second-order valence-corrected chi connectivity index (χ2v) is 4.80. The third-order valence-corrected chi connectivity index (χ3v) is 3.35. The number of rotatable bonds is 6. The second-order valence-electron chi connectivity index (χ2n) is 4.80. The minimum Gasteiger partial charge on any atom is -0.494 e. The van der Waals surface area contributed by atoms with Crippen LogP contribution in [-0.4, -0.2) is 33.5 Å². The number of carbonyl (C=O) groups is 1. The number of anilines is 1. The van der Waals surface area contributed by atoms with Gasteiger partial charge in [-0.15, -0.1) is 0 Å². The fourth-order valence-corrected chi connectivity index (χ4v) is 2.19. The number of nitrogens with zero attached hydrogens (tertiary/aromatic N) is 1. The molecule has 126 valence electrons. The molecule has 1 amide bonds. The number of benzene rings is 2. The topological polar surface area (TPSA) is 69.2 Å². The molecule has 6 heteroatoms. The Kier molecular flexibility index (Phi) is 5.78. The molecule has 6 nitrogen and oxygen atoms in total. The average molecular weight is 328 g/mol. The molecule has 0 radical (unpaired) electrons. The van der Waals surface area contributed by atoms with E-state index < -0.39 is 0 Å². The number of aliphatic imine (C=N–C) groups is 1. The molecule has 0 heterocycles. The number of amides is 1. The van der Waals surface area contributed by atoms with Crippen LogP contribution < -0.4 is 19.5 Å². The SMILES string of the molecule is CC=Nc1cc(C(=O)Nc2ccc(OC)c(OC)c2)ccc1OC. The van der Waals surface area contributed by atoms with Gasteiger partial charge in [0.25, 0.3) is 5.91 Å². The first kappa shape index (κ1) is 17.3. The van der Waals surface area contributed by atoms with Crippen molar-refractivity contribution < 1.29 is 19.0 Å².